The number of hydrogen-bond donors (Lipinski definition) is 1. The molecule has 0 aromatic carbocycles. The zero-order valence-corrected chi connectivity index (χ0v) is 14.5. The highest BCUT2D eigenvalue weighted by Crippen LogP contribution is 2.30. The molecule has 142 valence electrons. The molecule has 1 N–H and O–H groups in total. The summed E-state index contributed by atoms with van der Waals surface area (Å²) in [7, 11) is 0. The van der Waals surface area contributed by atoms with Crippen LogP contribution in [-0.4, -0.2) is 38.1 Å². The molecule has 3 aromatic heterocycles. The maximum Gasteiger partial charge on any atom is 0.433 e. The molecule has 0 fully saturated rings. The highest BCUT2D eigenvalue weighted by Gasteiger charge is 2.35. The molecule has 7 nitrogen and oxygen atoms in total. The smallest absolute Gasteiger partial charge is 0.433 e. The van der Waals surface area contributed by atoms with Gasteiger partial charge >= 0.3 is 6.18 Å². The molecule has 0 spiro atoms. The van der Waals surface area contributed by atoms with Crippen molar-refractivity contribution in [2.45, 2.75) is 26.1 Å². The molecular formula is C17H16F3N5O2. The van der Waals surface area contributed by atoms with E-state index in [0.717, 1.165) is 12.3 Å². The van der Waals surface area contributed by atoms with Gasteiger partial charge in [-0.2, -0.15) is 18.3 Å². The molecule has 3 aromatic rings. The minimum atomic E-state index is -4.61. The fourth-order valence-electron chi connectivity index (χ4n) is 2.47. The minimum absolute atomic E-state index is 0.0437. The van der Waals surface area contributed by atoms with Crippen molar-refractivity contribution >= 4 is 11.6 Å². The molecule has 27 heavy (non-hydrogen) atoms. The Morgan fingerprint density at radius 1 is 1.37 bits per heavy atom. The highest BCUT2D eigenvalue weighted by molar-refractivity contribution is 5.99. The number of halogens is 3. The standard InChI is InChI=1S/C17H16F3N5O2/c1-10-6-14(17(18,19)20)25-15(24-10)13(9-23-25)16(26)22-7-11(2)27-12-4-3-5-21-8-12/h3-6,8-9,11H,7H2,1-2H3,(H,22,26)/t11-/m1/s1. The predicted octanol–water partition coefficient (Wildman–Crippen LogP) is 2.65. The number of pyridine rings is 1. The number of aryl methyl sites for hydroxylation is 1. The summed E-state index contributed by atoms with van der Waals surface area (Å²) in [5.74, 6) is -0.0415. The monoisotopic (exact) mass is 379 g/mol. The van der Waals surface area contributed by atoms with Crippen molar-refractivity contribution in [1.82, 2.24) is 24.9 Å². The number of alkyl halides is 3. The van der Waals surface area contributed by atoms with E-state index in [9.17, 15) is 18.0 Å². The van der Waals surface area contributed by atoms with Gasteiger partial charge in [0.15, 0.2) is 5.65 Å². The van der Waals surface area contributed by atoms with E-state index in [4.69, 9.17) is 4.74 Å². The van der Waals surface area contributed by atoms with Crippen molar-refractivity contribution in [3.05, 3.63) is 53.7 Å². The first-order chi connectivity index (χ1) is 12.8. The predicted molar refractivity (Wildman–Crippen MR) is 89.4 cm³/mol. The second-order valence-electron chi connectivity index (χ2n) is 5.90. The first-order valence-electron chi connectivity index (χ1n) is 8.03. The molecule has 0 aliphatic carbocycles. The Hall–Kier alpha value is -3.17. The lowest BCUT2D eigenvalue weighted by Crippen LogP contribution is -2.33. The Labute approximate surface area is 152 Å². The van der Waals surface area contributed by atoms with Gasteiger partial charge in [0, 0.05) is 11.9 Å². The number of amides is 1. The number of hydrogen-bond acceptors (Lipinski definition) is 5. The Morgan fingerprint density at radius 2 is 2.15 bits per heavy atom. The number of fused-ring (bicyclic) bond motifs is 1. The Morgan fingerprint density at radius 3 is 2.81 bits per heavy atom. The molecule has 0 saturated heterocycles. The lowest BCUT2D eigenvalue weighted by Gasteiger charge is -2.15. The van der Waals surface area contributed by atoms with Crippen molar-refractivity contribution < 1.29 is 22.7 Å². The fourth-order valence-corrected chi connectivity index (χ4v) is 2.47. The summed E-state index contributed by atoms with van der Waals surface area (Å²) < 4.78 is 45.7. The van der Waals surface area contributed by atoms with E-state index >= 15 is 0 Å². The lowest BCUT2D eigenvalue weighted by atomic mass is 10.2. The Bertz CT molecular complexity index is 956. The number of carbonyl (C=O) groups is 1. The molecule has 10 heteroatoms. The van der Waals surface area contributed by atoms with Crippen LogP contribution < -0.4 is 10.1 Å². The van der Waals surface area contributed by atoms with Crippen LogP contribution in [0.4, 0.5) is 13.2 Å². The van der Waals surface area contributed by atoms with Gasteiger partial charge in [0.25, 0.3) is 5.91 Å². The average Bonchev–Trinajstić information content (AvgIpc) is 3.02. The van der Waals surface area contributed by atoms with Crippen molar-refractivity contribution in [3.8, 4) is 5.75 Å². The van der Waals surface area contributed by atoms with Crippen molar-refractivity contribution in [2.75, 3.05) is 6.54 Å². The van der Waals surface area contributed by atoms with E-state index in [1.807, 2.05) is 0 Å². The zero-order valence-electron chi connectivity index (χ0n) is 14.5. The van der Waals surface area contributed by atoms with Gasteiger partial charge in [-0.1, -0.05) is 0 Å². The topological polar surface area (TPSA) is 81.4 Å². The van der Waals surface area contributed by atoms with E-state index < -0.39 is 17.8 Å². The summed E-state index contributed by atoms with van der Waals surface area (Å²) in [4.78, 5) is 20.3. The molecule has 0 aliphatic rings. The van der Waals surface area contributed by atoms with Gasteiger partial charge in [0.2, 0.25) is 0 Å². The van der Waals surface area contributed by atoms with Crippen molar-refractivity contribution in [2.24, 2.45) is 0 Å². The molecule has 1 amide bonds. The maximum atomic E-state index is 13.2. The third-order valence-corrected chi connectivity index (χ3v) is 3.66. The molecule has 0 saturated carbocycles. The first kappa shape index (κ1) is 18.6. The molecule has 0 bridgehead atoms. The van der Waals surface area contributed by atoms with Crippen LogP contribution in [0.25, 0.3) is 5.65 Å². The summed E-state index contributed by atoms with van der Waals surface area (Å²) >= 11 is 0. The molecule has 0 radical (unpaired) electrons. The van der Waals surface area contributed by atoms with Crippen LogP contribution in [0.3, 0.4) is 0 Å². The summed E-state index contributed by atoms with van der Waals surface area (Å²) in [5.41, 5.74) is -1.05. The van der Waals surface area contributed by atoms with E-state index in [0.29, 0.717) is 10.3 Å². The SMILES string of the molecule is Cc1cc(C(F)(F)F)n2ncc(C(=O)NC[C@@H](C)Oc3cccnc3)c2n1. The second-order valence-corrected chi connectivity index (χ2v) is 5.90. The third kappa shape index (κ3) is 4.15. The normalized spacial score (nSPS) is 12.8. The number of carbonyl (C=O) groups excluding carboxylic acids is 1. The van der Waals surface area contributed by atoms with Crippen LogP contribution in [0.15, 0.2) is 36.8 Å². The number of ether oxygens (including phenoxy) is 1. The molecule has 0 unspecified atom stereocenters. The second kappa shape index (κ2) is 7.22. The van der Waals surface area contributed by atoms with Gasteiger partial charge in [0.1, 0.15) is 23.1 Å². The number of aromatic nitrogens is 4. The zero-order chi connectivity index (χ0) is 19.6. The van der Waals surface area contributed by atoms with Crippen LogP contribution in [0.2, 0.25) is 0 Å². The van der Waals surface area contributed by atoms with E-state index in [2.05, 4.69) is 20.4 Å². The number of nitrogens with one attached hydrogen (secondary N) is 1. The summed E-state index contributed by atoms with van der Waals surface area (Å²) in [5, 5.41) is 6.29. The van der Waals surface area contributed by atoms with Gasteiger partial charge in [-0.3, -0.25) is 9.78 Å². The van der Waals surface area contributed by atoms with Gasteiger partial charge < -0.3 is 10.1 Å². The molecule has 3 rings (SSSR count). The third-order valence-electron chi connectivity index (χ3n) is 3.66. The Kier molecular flexibility index (Phi) is 4.98. The Balaban J connectivity index is 1.75. The highest BCUT2D eigenvalue weighted by atomic mass is 19.4. The molecule has 1 atom stereocenters. The number of nitrogens with zero attached hydrogens (tertiary/aromatic N) is 4. The number of rotatable bonds is 5. The molecule has 0 aliphatic heterocycles. The van der Waals surface area contributed by atoms with Gasteiger partial charge in [-0.15, -0.1) is 0 Å². The molecule has 3 heterocycles. The van der Waals surface area contributed by atoms with Crippen LogP contribution >= 0.6 is 0 Å². The summed E-state index contributed by atoms with van der Waals surface area (Å²) in [6, 6.07) is 4.32. The summed E-state index contributed by atoms with van der Waals surface area (Å²) in [6.45, 7) is 3.31. The first-order valence-corrected chi connectivity index (χ1v) is 8.03. The van der Waals surface area contributed by atoms with Crippen LogP contribution in [0, 0.1) is 6.92 Å². The van der Waals surface area contributed by atoms with Gasteiger partial charge in [-0.25, -0.2) is 9.50 Å². The summed E-state index contributed by atoms with van der Waals surface area (Å²) in [6.07, 6.45) is -0.777. The van der Waals surface area contributed by atoms with Crippen molar-refractivity contribution in [1.29, 1.82) is 0 Å². The van der Waals surface area contributed by atoms with Crippen molar-refractivity contribution in [3.63, 3.8) is 0 Å². The quantitative estimate of drug-likeness (QED) is 0.737. The van der Waals surface area contributed by atoms with E-state index in [-0.39, 0.29) is 29.6 Å². The molecular weight excluding hydrogens is 363 g/mol. The largest absolute Gasteiger partial charge is 0.487 e. The van der Waals surface area contributed by atoms with Crippen LogP contribution in [-0.2, 0) is 6.18 Å². The van der Waals surface area contributed by atoms with Gasteiger partial charge in [0.05, 0.1) is 18.9 Å². The van der Waals surface area contributed by atoms with E-state index in [1.165, 1.54) is 13.1 Å². The lowest BCUT2D eigenvalue weighted by molar-refractivity contribution is -0.142. The van der Waals surface area contributed by atoms with Crippen LogP contribution in [0.5, 0.6) is 5.75 Å². The maximum absolute atomic E-state index is 13.2. The fraction of sp³-hybridized carbons (Fsp3) is 0.294. The van der Waals surface area contributed by atoms with Crippen LogP contribution in [0.1, 0.15) is 28.7 Å². The average molecular weight is 379 g/mol. The minimum Gasteiger partial charge on any atom is -0.487 e. The van der Waals surface area contributed by atoms with E-state index in [1.54, 1.807) is 25.3 Å². The van der Waals surface area contributed by atoms with Gasteiger partial charge in [-0.05, 0) is 32.0 Å².